The van der Waals surface area contributed by atoms with Crippen LogP contribution >= 0.6 is 11.6 Å². The van der Waals surface area contributed by atoms with Crippen LogP contribution in [0.2, 0.25) is 5.02 Å². The molecule has 3 aromatic rings. The monoisotopic (exact) mass is 391 g/mol. The maximum atomic E-state index is 12.5. The molecule has 2 N–H and O–H groups in total. The van der Waals surface area contributed by atoms with Crippen LogP contribution in [0.5, 0.6) is 0 Å². The lowest BCUT2D eigenvalue weighted by Gasteiger charge is -2.11. The second-order valence-corrected chi connectivity index (χ2v) is 7.42. The zero-order valence-electron chi connectivity index (χ0n) is 13.6. The Balaban J connectivity index is 1.81. The molecule has 0 unspecified atom stereocenters. The van der Waals surface area contributed by atoms with Crippen LogP contribution in [-0.4, -0.2) is 19.5 Å². The van der Waals surface area contributed by atoms with Gasteiger partial charge in [-0.15, -0.1) is 0 Å². The van der Waals surface area contributed by atoms with Gasteiger partial charge in [0.15, 0.2) is 0 Å². The summed E-state index contributed by atoms with van der Waals surface area (Å²) in [5, 5.41) is 6.33. The Hall–Kier alpha value is -2.84. The molecule has 1 amide bonds. The van der Waals surface area contributed by atoms with Gasteiger partial charge in [0.1, 0.15) is 16.2 Å². The number of sulfonamides is 1. The number of nitrogens with zero attached hydrogens (tertiary/aromatic N) is 1. The molecule has 0 atom stereocenters. The number of carbonyl (C=O) groups excluding carboxylic acids is 1. The summed E-state index contributed by atoms with van der Waals surface area (Å²) >= 11 is 5.96. The summed E-state index contributed by atoms with van der Waals surface area (Å²) in [6.45, 7) is 1.62. The first kappa shape index (κ1) is 18.0. The number of hydrogen-bond acceptors (Lipinski definition) is 5. The van der Waals surface area contributed by atoms with E-state index >= 15 is 0 Å². The minimum atomic E-state index is -3.86. The summed E-state index contributed by atoms with van der Waals surface area (Å²) in [5.41, 5.74) is 0.992. The standard InChI is InChI=1S/C17H14ClN3O4S/c1-11-14(10-19-25-11)17(22)20-12-5-4-6-13(9-12)21-26(23,24)16-8-3-2-7-15(16)18/h2-10,21H,1H3,(H,20,22). The van der Waals surface area contributed by atoms with Gasteiger partial charge in [0, 0.05) is 5.69 Å². The van der Waals surface area contributed by atoms with Crippen LogP contribution in [-0.2, 0) is 10.0 Å². The highest BCUT2D eigenvalue weighted by atomic mass is 35.5. The molecular formula is C17H14ClN3O4S. The number of benzene rings is 2. The molecule has 0 radical (unpaired) electrons. The van der Waals surface area contributed by atoms with Crippen LogP contribution in [0.1, 0.15) is 16.1 Å². The van der Waals surface area contributed by atoms with Crippen molar-refractivity contribution >= 4 is 38.9 Å². The third-order valence-corrected chi connectivity index (χ3v) is 5.38. The molecule has 7 nitrogen and oxygen atoms in total. The minimum Gasteiger partial charge on any atom is -0.361 e. The molecule has 1 aromatic heterocycles. The Morgan fingerprint density at radius 2 is 1.85 bits per heavy atom. The highest BCUT2D eigenvalue weighted by Gasteiger charge is 2.18. The minimum absolute atomic E-state index is 0.0313. The van der Waals surface area contributed by atoms with E-state index in [0.29, 0.717) is 17.0 Å². The van der Waals surface area contributed by atoms with Crippen molar-refractivity contribution in [1.29, 1.82) is 0 Å². The van der Waals surface area contributed by atoms with Gasteiger partial charge in [-0.3, -0.25) is 9.52 Å². The van der Waals surface area contributed by atoms with Crippen LogP contribution in [0.4, 0.5) is 11.4 Å². The summed E-state index contributed by atoms with van der Waals surface area (Å²) in [7, 11) is -3.86. The van der Waals surface area contributed by atoms with Gasteiger partial charge < -0.3 is 9.84 Å². The maximum absolute atomic E-state index is 12.5. The van der Waals surface area contributed by atoms with E-state index < -0.39 is 15.9 Å². The fourth-order valence-electron chi connectivity index (χ4n) is 2.25. The van der Waals surface area contributed by atoms with Gasteiger partial charge >= 0.3 is 0 Å². The van der Waals surface area contributed by atoms with Gasteiger partial charge in [-0.1, -0.05) is 35.0 Å². The lowest BCUT2D eigenvalue weighted by atomic mass is 10.2. The molecule has 26 heavy (non-hydrogen) atoms. The van der Waals surface area contributed by atoms with Crippen molar-refractivity contribution in [2.75, 3.05) is 10.0 Å². The van der Waals surface area contributed by atoms with E-state index in [1.807, 2.05) is 0 Å². The zero-order valence-corrected chi connectivity index (χ0v) is 15.1. The number of aryl methyl sites for hydroxylation is 1. The number of halogens is 1. The fraction of sp³-hybridized carbons (Fsp3) is 0.0588. The van der Waals surface area contributed by atoms with Gasteiger partial charge in [0.2, 0.25) is 0 Å². The Kier molecular flexibility index (Phi) is 4.97. The molecule has 3 rings (SSSR count). The van der Waals surface area contributed by atoms with E-state index in [0.717, 1.165) is 0 Å². The van der Waals surface area contributed by atoms with E-state index in [1.165, 1.54) is 24.4 Å². The van der Waals surface area contributed by atoms with E-state index in [9.17, 15) is 13.2 Å². The number of hydrogen-bond donors (Lipinski definition) is 2. The third-order valence-electron chi connectivity index (χ3n) is 3.49. The molecule has 0 aliphatic rings. The summed E-state index contributed by atoms with van der Waals surface area (Å²) < 4.78 is 32.3. The average Bonchev–Trinajstić information content (AvgIpc) is 3.01. The van der Waals surface area contributed by atoms with Crippen LogP contribution in [0.25, 0.3) is 0 Å². The average molecular weight is 392 g/mol. The van der Waals surface area contributed by atoms with Crippen LogP contribution in [0.3, 0.4) is 0 Å². The predicted molar refractivity (Wildman–Crippen MR) is 97.9 cm³/mol. The highest BCUT2D eigenvalue weighted by molar-refractivity contribution is 7.92. The molecule has 0 saturated carbocycles. The number of anilines is 2. The quantitative estimate of drug-likeness (QED) is 0.690. The van der Waals surface area contributed by atoms with Gasteiger partial charge in [0.25, 0.3) is 15.9 Å². The molecule has 0 spiro atoms. The normalized spacial score (nSPS) is 11.2. The molecule has 0 bridgehead atoms. The second kappa shape index (κ2) is 7.19. The molecule has 0 aliphatic carbocycles. The predicted octanol–water partition coefficient (Wildman–Crippen LogP) is 3.69. The lowest BCUT2D eigenvalue weighted by Crippen LogP contribution is -2.15. The number of rotatable bonds is 5. The Morgan fingerprint density at radius 1 is 1.12 bits per heavy atom. The van der Waals surface area contributed by atoms with Crippen molar-refractivity contribution in [3.8, 4) is 0 Å². The summed E-state index contributed by atoms with van der Waals surface area (Å²) in [5.74, 6) is -0.0204. The van der Waals surface area contributed by atoms with Gasteiger partial charge in [-0.25, -0.2) is 8.42 Å². The molecule has 0 saturated heterocycles. The third kappa shape index (κ3) is 3.87. The van der Waals surface area contributed by atoms with Crippen molar-refractivity contribution in [3.63, 3.8) is 0 Å². The van der Waals surface area contributed by atoms with Gasteiger partial charge in [0.05, 0.1) is 16.9 Å². The Bertz CT molecular complexity index is 1060. The first-order chi connectivity index (χ1) is 12.4. The van der Waals surface area contributed by atoms with E-state index in [1.54, 1.807) is 37.3 Å². The molecule has 0 aliphatic heterocycles. The number of carbonyl (C=O) groups is 1. The number of nitrogens with one attached hydrogen (secondary N) is 2. The van der Waals surface area contributed by atoms with Crippen molar-refractivity contribution in [1.82, 2.24) is 5.16 Å². The fourth-order valence-corrected chi connectivity index (χ4v) is 3.82. The molecule has 134 valence electrons. The molecular weight excluding hydrogens is 378 g/mol. The topological polar surface area (TPSA) is 101 Å². The van der Waals surface area contributed by atoms with Crippen LogP contribution in [0.15, 0.2) is 64.1 Å². The van der Waals surface area contributed by atoms with Crippen molar-refractivity contribution in [3.05, 3.63) is 71.1 Å². The zero-order chi connectivity index (χ0) is 18.7. The first-order valence-electron chi connectivity index (χ1n) is 7.47. The maximum Gasteiger partial charge on any atom is 0.263 e. The Labute approximate surface area is 155 Å². The van der Waals surface area contributed by atoms with Crippen molar-refractivity contribution in [2.24, 2.45) is 0 Å². The smallest absolute Gasteiger partial charge is 0.263 e. The van der Waals surface area contributed by atoms with Crippen LogP contribution < -0.4 is 10.0 Å². The summed E-state index contributed by atoms with van der Waals surface area (Å²) in [6, 6.07) is 12.4. The van der Waals surface area contributed by atoms with Gasteiger partial charge in [-0.05, 0) is 37.3 Å². The van der Waals surface area contributed by atoms with Crippen LogP contribution in [0, 0.1) is 6.92 Å². The highest BCUT2D eigenvalue weighted by Crippen LogP contribution is 2.24. The number of amides is 1. The first-order valence-corrected chi connectivity index (χ1v) is 9.33. The number of aromatic nitrogens is 1. The summed E-state index contributed by atoms with van der Waals surface area (Å²) in [6.07, 6.45) is 1.31. The molecule has 1 heterocycles. The largest absolute Gasteiger partial charge is 0.361 e. The molecule has 9 heteroatoms. The second-order valence-electron chi connectivity index (χ2n) is 5.37. The Morgan fingerprint density at radius 3 is 2.54 bits per heavy atom. The van der Waals surface area contributed by atoms with E-state index in [2.05, 4.69) is 15.2 Å². The van der Waals surface area contributed by atoms with Crippen molar-refractivity contribution < 1.29 is 17.7 Å². The van der Waals surface area contributed by atoms with Crippen molar-refractivity contribution in [2.45, 2.75) is 11.8 Å². The summed E-state index contributed by atoms with van der Waals surface area (Å²) in [4.78, 5) is 12.2. The molecule has 0 fully saturated rings. The lowest BCUT2D eigenvalue weighted by molar-refractivity contribution is 0.102. The van der Waals surface area contributed by atoms with E-state index in [4.69, 9.17) is 16.1 Å². The SMILES string of the molecule is Cc1oncc1C(=O)Nc1cccc(NS(=O)(=O)c2ccccc2Cl)c1. The molecule has 2 aromatic carbocycles. The van der Waals surface area contributed by atoms with E-state index in [-0.39, 0.29) is 15.6 Å². The van der Waals surface area contributed by atoms with Gasteiger partial charge in [-0.2, -0.15) is 0 Å².